The van der Waals surface area contributed by atoms with Gasteiger partial charge in [-0.3, -0.25) is 0 Å². The highest BCUT2D eigenvalue weighted by molar-refractivity contribution is 7.11. The Kier molecular flexibility index (Phi) is 4.69. The second-order valence-electron chi connectivity index (χ2n) is 6.41. The maximum Gasteiger partial charge on any atom is 0.140 e. The van der Waals surface area contributed by atoms with Gasteiger partial charge in [-0.2, -0.15) is 0 Å². The summed E-state index contributed by atoms with van der Waals surface area (Å²) in [6.45, 7) is 11.1. The molecule has 0 fully saturated rings. The molecule has 3 nitrogen and oxygen atoms in total. The first-order valence-electron chi connectivity index (χ1n) is 7.22. The van der Waals surface area contributed by atoms with Gasteiger partial charge in [-0.15, -0.1) is 11.3 Å². The van der Waals surface area contributed by atoms with E-state index in [4.69, 9.17) is 10.5 Å². The zero-order chi connectivity index (χ0) is 15.6. The van der Waals surface area contributed by atoms with E-state index in [-0.39, 0.29) is 11.5 Å². The lowest BCUT2D eigenvalue weighted by Gasteiger charge is -2.19. The topological polar surface area (TPSA) is 48.1 Å². The summed E-state index contributed by atoms with van der Waals surface area (Å²) in [5, 5.41) is 0.972. The van der Waals surface area contributed by atoms with Crippen molar-refractivity contribution in [2.75, 3.05) is 0 Å². The third kappa shape index (κ3) is 4.05. The van der Waals surface area contributed by atoms with Gasteiger partial charge in [-0.05, 0) is 37.0 Å². The van der Waals surface area contributed by atoms with E-state index in [1.54, 1.807) is 11.3 Å². The van der Waals surface area contributed by atoms with Crippen LogP contribution in [0.15, 0.2) is 24.3 Å². The number of hydrogen-bond acceptors (Lipinski definition) is 4. The van der Waals surface area contributed by atoms with Crippen molar-refractivity contribution < 1.29 is 4.74 Å². The van der Waals surface area contributed by atoms with Gasteiger partial charge < -0.3 is 10.5 Å². The van der Waals surface area contributed by atoms with Gasteiger partial charge in [0.25, 0.3) is 0 Å². The molecule has 0 spiro atoms. The number of thiazole rings is 1. The molecule has 0 aliphatic rings. The van der Waals surface area contributed by atoms with Crippen LogP contribution in [0, 0.1) is 6.92 Å². The van der Waals surface area contributed by atoms with Crippen molar-refractivity contribution in [1.82, 2.24) is 4.98 Å². The van der Waals surface area contributed by atoms with Crippen LogP contribution in [-0.4, -0.2) is 4.98 Å². The summed E-state index contributed by atoms with van der Waals surface area (Å²) in [7, 11) is 0. The van der Waals surface area contributed by atoms with Crippen molar-refractivity contribution in [2.24, 2.45) is 5.73 Å². The molecule has 0 saturated carbocycles. The first-order chi connectivity index (χ1) is 9.77. The number of nitrogens with zero attached hydrogens (tertiary/aromatic N) is 1. The second kappa shape index (κ2) is 6.16. The summed E-state index contributed by atoms with van der Waals surface area (Å²) >= 11 is 1.63. The maximum atomic E-state index is 5.92. The third-order valence-electron chi connectivity index (χ3n) is 3.37. The van der Waals surface area contributed by atoms with Crippen molar-refractivity contribution in [3.63, 3.8) is 0 Å². The summed E-state index contributed by atoms with van der Waals surface area (Å²) < 4.78 is 5.81. The standard InChI is InChI=1S/C17H24N2OS/c1-11(18)16-12(2)19-15(21-16)10-20-14-8-6-13(7-9-14)17(3,4)5/h6-9,11H,10,18H2,1-5H3. The smallest absolute Gasteiger partial charge is 0.140 e. The van der Waals surface area contributed by atoms with E-state index >= 15 is 0 Å². The minimum Gasteiger partial charge on any atom is -0.486 e. The SMILES string of the molecule is Cc1nc(COc2ccc(C(C)(C)C)cc2)sc1C(C)N. The lowest BCUT2D eigenvalue weighted by molar-refractivity contribution is 0.305. The number of ether oxygens (including phenoxy) is 1. The first-order valence-corrected chi connectivity index (χ1v) is 8.04. The van der Waals surface area contributed by atoms with Gasteiger partial charge in [-0.1, -0.05) is 32.9 Å². The highest BCUT2D eigenvalue weighted by Crippen LogP contribution is 2.26. The van der Waals surface area contributed by atoms with Crippen molar-refractivity contribution in [3.8, 4) is 5.75 Å². The van der Waals surface area contributed by atoms with Gasteiger partial charge in [-0.25, -0.2) is 4.98 Å². The van der Waals surface area contributed by atoms with E-state index in [9.17, 15) is 0 Å². The van der Waals surface area contributed by atoms with Crippen LogP contribution in [-0.2, 0) is 12.0 Å². The predicted molar refractivity (Wildman–Crippen MR) is 88.9 cm³/mol. The average molecular weight is 304 g/mol. The zero-order valence-electron chi connectivity index (χ0n) is 13.4. The molecule has 4 heteroatoms. The van der Waals surface area contributed by atoms with Gasteiger partial charge in [0.2, 0.25) is 0 Å². The Bertz CT molecular complexity index is 594. The van der Waals surface area contributed by atoms with E-state index in [2.05, 4.69) is 37.9 Å². The Morgan fingerprint density at radius 2 is 1.86 bits per heavy atom. The maximum absolute atomic E-state index is 5.92. The van der Waals surface area contributed by atoms with Crippen LogP contribution in [0.25, 0.3) is 0 Å². The van der Waals surface area contributed by atoms with Crippen LogP contribution in [0.2, 0.25) is 0 Å². The van der Waals surface area contributed by atoms with Crippen LogP contribution >= 0.6 is 11.3 Å². The minimum absolute atomic E-state index is 0.0299. The lowest BCUT2D eigenvalue weighted by atomic mass is 9.87. The minimum atomic E-state index is 0.0299. The van der Waals surface area contributed by atoms with Crippen LogP contribution in [0.4, 0.5) is 0 Å². The Morgan fingerprint density at radius 1 is 1.24 bits per heavy atom. The fraction of sp³-hybridized carbons (Fsp3) is 0.471. The normalized spacial score (nSPS) is 13.2. The molecular weight excluding hydrogens is 280 g/mol. The number of aryl methyl sites for hydroxylation is 1. The number of rotatable bonds is 4. The van der Waals surface area contributed by atoms with Crippen molar-refractivity contribution in [3.05, 3.63) is 45.4 Å². The van der Waals surface area contributed by atoms with Crippen molar-refractivity contribution in [1.29, 1.82) is 0 Å². The molecule has 2 rings (SSSR count). The predicted octanol–water partition coefficient (Wildman–Crippen LogP) is 4.35. The number of nitrogens with two attached hydrogens (primary N) is 1. The van der Waals surface area contributed by atoms with Gasteiger partial charge in [0.1, 0.15) is 17.4 Å². The molecule has 114 valence electrons. The Balaban J connectivity index is 2.02. The molecular formula is C17H24N2OS. The Labute approximate surface area is 131 Å². The summed E-state index contributed by atoms with van der Waals surface area (Å²) in [5.74, 6) is 0.873. The lowest BCUT2D eigenvalue weighted by Crippen LogP contribution is -2.10. The fourth-order valence-corrected chi connectivity index (χ4v) is 3.08. The van der Waals surface area contributed by atoms with E-state index in [1.165, 1.54) is 5.56 Å². The zero-order valence-corrected chi connectivity index (χ0v) is 14.3. The van der Waals surface area contributed by atoms with Gasteiger partial charge in [0.05, 0.1) is 5.69 Å². The molecule has 21 heavy (non-hydrogen) atoms. The van der Waals surface area contributed by atoms with Crippen LogP contribution in [0.3, 0.4) is 0 Å². The molecule has 1 atom stereocenters. The van der Waals surface area contributed by atoms with E-state index in [0.717, 1.165) is 21.3 Å². The average Bonchev–Trinajstić information content (AvgIpc) is 2.77. The summed E-state index contributed by atoms with van der Waals surface area (Å²) in [5.41, 5.74) is 8.40. The summed E-state index contributed by atoms with van der Waals surface area (Å²) in [4.78, 5) is 5.65. The molecule has 0 aliphatic carbocycles. The van der Waals surface area contributed by atoms with Gasteiger partial charge in [0.15, 0.2) is 0 Å². The van der Waals surface area contributed by atoms with Crippen molar-refractivity contribution >= 4 is 11.3 Å². The monoisotopic (exact) mass is 304 g/mol. The molecule has 0 saturated heterocycles. The van der Waals surface area contributed by atoms with Gasteiger partial charge >= 0.3 is 0 Å². The van der Waals surface area contributed by atoms with Crippen LogP contribution in [0.5, 0.6) is 5.75 Å². The molecule has 1 aromatic carbocycles. The second-order valence-corrected chi connectivity index (χ2v) is 7.52. The third-order valence-corrected chi connectivity index (χ3v) is 4.70. The van der Waals surface area contributed by atoms with E-state index in [1.807, 2.05) is 26.0 Å². The first kappa shape index (κ1) is 16.0. The highest BCUT2D eigenvalue weighted by Gasteiger charge is 2.14. The van der Waals surface area contributed by atoms with Gasteiger partial charge in [0, 0.05) is 10.9 Å². The molecule has 0 radical (unpaired) electrons. The quantitative estimate of drug-likeness (QED) is 0.913. The largest absolute Gasteiger partial charge is 0.486 e. The molecule has 1 unspecified atom stereocenters. The molecule has 2 aromatic rings. The molecule has 1 heterocycles. The van der Waals surface area contributed by atoms with E-state index < -0.39 is 0 Å². The fourth-order valence-electron chi connectivity index (χ4n) is 2.15. The van der Waals surface area contributed by atoms with Crippen molar-refractivity contribution in [2.45, 2.75) is 52.7 Å². The molecule has 0 amide bonds. The Hall–Kier alpha value is -1.39. The number of aromatic nitrogens is 1. The van der Waals surface area contributed by atoms with Crippen LogP contribution < -0.4 is 10.5 Å². The number of hydrogen-bond donors (Lipinski definition) is 1. The Morgan fingerprint density at radius 3 is 2.33 bits per heavy atom. The summed E-state index contributed by atoms with van der Waals surface area (Å²) in [6, 6.07) is 8.31. The molecule has 2 N–H and O–H groups in total. The van der Waals surface area contributed by atoms with E-state index in [0.29, 0.717) is 6.61 Å². The molecule has 1 aromatic heterocycles. The number of benzene rings is 1. The molecule has 0 aliphatic heterocycles. The molecule has 0 bridgehead atoms. The summed E-state index contributed by atoms with van der Waals surface area (Å²) in [6.07, 6.45) is 0. The van der Waals surface area contributed by atoms with Crippen LogP contribution in [0.1, 0.15) is 54.9 Å². The highest BCUT2D eigenvalue weighted by atomic mass is 32.1.